The molecule has 138 valence electrons. The summed E-state index contributed by atoms with van der Waals surface area (Å²) in [6.07, 6.45) is 4.34. The highest BCUT2D eigenvalue weighted by atomic mass is 16.4. The Kier molecular flexibility index (Phi) is 7.40. The Balaban J connectivity index is 1.94. The minimum Gasteiger partial charge on any atom is -0.480 e. The Labute approximate surface area is 149 Å². The Morgan fingerprint density at radius 3 is 2.68 bits per heavy atom. The molecule has 4 N–H and O–H groups in total. The van der Waals surface area contributed by atoms with Crippen molar-refractivity contribution >= 4 is 11.9 Å². The van der Waals surface area contributed by atoms with E-state index in [1.807, 2.05) is 35.2 Å². The summed E-state index contributed by atoms with van der Waals surface area (Å²) in [6, 6.07) is 9.19. The van der Waals surface area contributed by atoms with E-state index in [0.717, 1.165) is 32.2 Å². The number of primary amides is 1. The number of carbonyl (C=O) groups excluding carboxylic acids is 1. The smallest absolute Gasteiger partial charge is 0.320 e. The fraction of sp³-hybridized carbons (Fsp3) is 0.579. The zero-order valence-electron chi connectivity index (χ0n) is 14.9. The summed E-state index contributed by atoms with van der Waals surface area (Å²) in [5.74, 6) is -1.16. The molecule has 1 aromatic rings. The van der Waals surface area contributed by atoms with Crippen molar-refractivity contribution < 1.29 is 14.7 Å². The van der Waals surface area contributed by atoms with E-state index in [1.165, 1.54) is 5.56 Å². The van der Waals surface area contributed by atoms with Crippen molar-refractivity contribution in [1.29, 1.82) is 0 Å². The second kappa shape index (κ2) is 9.53. The molecule has 0 spiro atoms. The average molecular weight is 347 g/mol. The number of nitrogens with zero attached hydrogens (tertiary/aromatic N) is 1. The van der Waals surface area contributed by atoms with Gasteiger partial charge in [0.25, 0.3) is 0 Å². The molecule has 6 nitrogen and oxygen atoms in total. The van der Waals surface area contributed by atoms with Gasteiger partial charge < -0.3 is 16.2 Å². The normalized spacial score (nSPS) is 21.2. The number of carboxylic acid groups (broad SMARTS) is 1. The Bertz CT molecular complexity index is 564. The third-order valence-electron chi connectivity index (χ3n) is 4.95. The number of nitrogens with one attached hydrogen (secondary N) is 1. The predicted octanol–water partition coefficient (Wildman–Crippen LogP) is 1.39. The first kappa shape index (κ1) is 19.4. The molecule has 1 saturated heterocycles. The summed E-state index contributed by atoms with van der Waals surface area (Å²) in [5.41, 5.74) is 6.77. The molecule has 25 heavy (non-hydrogen) atoms. The highest BCUT2D eigenvalue weighted by Crippen LogP contribution is 2.15. The predicted molar refractivity (Wildman–Crippen MR) is 97.2 cm³/mol. The van der Waals surface area contributed by atoms with Crippen molar-refractivity contribution in [2.45, 2.75) is 57.2 Å². The first-order valence-corrected chi connectivity index (χ1v) is 9.03. The van der Waals surface area contributed by atoms with Crippen LogP contribution in [0.1, 0.15) is 38.2 Å². The molecule has 1 aliphatic heterocycles. The van der Waals surface area contributed by atoms with E-state index in [1.54, 1.807) is 6.92 Å². The summed E-state index contributed by atoms with van der Waals surface area (Å²) in [5, 5.41) is 12.6. The maximum Gasteiger partial charge on any atom is 0.320 e. The zero-order chi connectivity index (χ0) is 18.2. The van der Waals surface area contributed by atoms with Crippen LogP contribution in [0.2, 0.25) is 0 Å². The van der Waals surface area contributed by atoms with E-state index < -0.39 is 18.1 Å². The van der Waals surface area contributed by atoms with E-state index in [0.29, 0.717) is 13.0 Å². The van der Waals surface area contributed by atoms with Crippen LogP contribution < -0.4 is 11.1 Å². The highest BCUT2D eigenvalue weighted by Gasteiger charge is 2.28. The molecule has 1 heterocycles. The van der Waals surface area contributed by atoms with Crippen molar-refractivity contribution in [2.75, 3.05) is 13.1 Å². The molecule has 1 aliphatic rings. The van der Waals surface area contributed by atoms with Crippen LogP contribution in [0.4, 0.5) is 0 Å². The third kappa shape index (κ3) is 6.14. The van der Waals surface area contributed by atoms with Crippen LogP contribution in [0.5, 0.6) is 0 Å². The molecule has 0 saturated carbocycles. The lowest BCUT2D eigenvalue weighted by molar-refractivity contribution is -0.142. The van der Waals surface area contributed by atoms with Gasteiger partial charge in [0.2, 0.25) is 5.91 Å². The summed E-state index contributed by atoms with van der Waals surface area (Å²) < 4.78 is 0. The van der Waals surface area contributed by atoms with Crippen molar-refractivity contribution in [3.63, 3.8) is 0 Å². The van der Waals surface area contributed by atoms with Crippen LogP contribution in [0.25, 0.3) is 0 Å². The number of hydrogen-bond acceptors (Lipinski definition) is 4. The minimum atomic E-state index is -0.809. The first-order valence-electron chi connectivity index (χ1n) is 9.03. The monoisotopic (exact) mass is 347 g/mol. The van der Waals surface area contributed by atoms with Gasteiger partial charge >= 0.3 is 5.97 Å². The third-order valence-corrected chi connectivity index (χ3v) is 4.95. The van der Waals surface area contributed by atoms with Crippen LogP contribution in [0.3, 0.4) is 0 Å². The van der Waals surface area contributed by atoms with Crippen molar-refractivity contribution in [3.05, 3.63) is 35.9 Å². The minimum absolute atomic E-state index is 0.0811. The van der Waals surface area contributed by atoms with Crippen molar-refractivity contribution in [2.24, 2.45) is 5.73 Å². The topological polar surface area (TPSA) is 95.7 Å². The fourth-order valence-electron chi connectivity index (χ4n) is 3.36. The van der Waals surface area contributed by atoms with Gasteiger partial charge in [0.05, 0.1) is 6.04 Å². The van der Waals surface area contributed by atoms with Gasteiger partial charge in [0.15, 0.2) is 0 Å². The maximum absolute atomic E-state index is 11.9. The quantitative estimate of drug-likeness (QED) is 0.660. The standard InChI is InChI=1S/C19H29N3O3/c1-14(19(24)25)22-12-6-5-9-16(13-22)21-17(18(20)23)11-10-15-7-3-2-4-8-15/h2-4,7-8,14,16-17,21H,5-6,9-13H2,1H3,(H2,20,23)(H,24,25). The van der Waals surface area contributed by atoms with Crippen LogP contribution >= 0.6 is 0 Å². The van der Waals surface area contributed by atoms with Gasteiger partial charge in [0, 0.05) is 12.6 Å². The Morgan fingerprint density at radius 2 is 2.04 bits per heavy atom. The van der Waals surface area contributed by atoms with Crippen molar-refractivity contribution in [3.8, 4) is 0 Å². The molecule has 3 atom stereocenters. The maximum atomic E-state index is 11.9. The van der Waals surface area contributed by atoms with E-state index in [9.17, 15) is 14.7 Å². The lowest BCUT2D eigenvalue weighted by Crippen LogP contribution is -2.52. The lowest BCUT2D eigenvalue weighted by atomic mass is 10.0. The summed E-state index contributed by atoms with van der Waals surface area (Å²) in [6.45, 7) is 3.12. The van der Waals surface area contributed by atoms with Gasteiger partial charge in [-0.2, -0.15) is 0 Å². The molecule has 2 rings (SSSR count). The number of hydrogen-bond donors (Lipinski definition) is 3. The van der Waals surface area contributed by atoms with Gasteiger partial charge in [-0.3, -0.25) is 14.5 Å². The van der Waals surface area contributed by atoms with Gasteiger partial charge in [-0.05, 0) is 44.7 Å². The Hall–Kier alpha value is -1.92. The SMILES string of the molecule is CC(C(=O)O)N1CCCCC(NC(CCc2ccccc2)C(N)=O)C1. The molecule has 0 bridgehead atoms. The average Bonchev–Trinajstić information content (AvgIpc) is 2.84. The largest absolute Gasteiger partial charge is 0.480 e. The molecule has 0 radical (unpaired) electrons. The number of benzene rings is 1. The van der Waals surface area contributed by atoms with E-state index in [-0.39, 0.29) is 11.9 Å². The molecule has 1 fully saturated rings. The van der Waals surface area contributed by atoms with Crippen LogP contribution in [-0.4, -0.2) is 53.1 Å². The number of carboxylic acids is 1. The molecular formula is C19H29N3O3. The lowest BCUT2D eigenvalue weighted by Gasteiger charge is -2.30. The number of amides is 1. The second-order valence-corrected chi connectivity index (χ2v) is 6.85. The van der Waals surface area contributed by atoms with E-state index in [4.69, 9.17) is 5.73 Å². The van der Waals surface area contributed by atoms with Crippen LogP contribution in [0, 0.1) is 0 Å². The molecule has 6 heteroatoms. The highest BCUT2D eigenvalue weighted by molar-refractivity contribution is 5.79. The van der Waals surface area contributed by atoms with Gasteiger partial charge in [-0.1, -0.05) is 36.8 Å². The molecule has 0 aromatic heterocycles. The second-order valence-electron chi connectivity index (χ2n) is 6.85. The molecule has 3 unspecified atom stereocenters. The number of aliphatic carboxylic acids is 1. The van der Waals surface area contributed by atoms with E-state index >= 15 is 0 Å². The molecule has 0 aliphatic carbocycles. The zero-order valence-corrected chi connectivity index (χ0v) is 14.9. The van der Waals surface area contributed by atoms with Gasteiger partial charge in [-0.25, -0.2) is 0 Å². The van der Waals surface area contributed by atoms with Gasteiger partial charge in [-0.15, -0.1) is 0 Å². The first-order chi connectivity index (χ1) is 12.0. The van der Waals surface area contributed by atoms with Gasteiger partial charge in [0.1, 0.15) is 6.04 Å². The molecule has 1 amide bonds. The van der Waals surface area contributed by atoms with E-state index in [2.05, 4.69) is 5.32 Å². The number of nitrogens with two attached hydrogens (primary N) is 1. The van der Waals surface area contributed by atoms with Crippen molar-refractivity contribution in [1.82, 2.24) is 10.2 Å². The van der Waals surface area contributed by atoms with Crippen LogP contribution in [-0.2, 0) is 16.0 Å². The number of likely N-dealkylation sites (tertiary alicyclic amines) is 1. The summed E-state index contributed by atoms with van der Waals surface area (Å²) in [4.78, 5) is 25.1. The summed E-state index contributed by atoms with van der Waals surface area (Å²) in [7, 11) is 0. The summed E-state index contributed by atoms with van der Waals surface area (Å²) >= 11 is 0. The number of aryl methyl sites for hydroxylation is 1. The fourth-order valence-corrected chi connectivity index (χ4v) is 3.36. The Morgan fingerprint density at radius 1 is 1.32 bits per heavy atom. The number of carbonyl (C=O) groups is 2. The molecule has 1 aromatic carbocycles. The van der Waals surface area contributed by atoms with Crippen LogP contribution in [0.15, 0.2) is 30.3 Å². The molecular weight excluding hydrogens is 318 g/mol. The number of rotatable bonds is 8.